The first-order chi connectivity index (χ1) is 17.1. The number of hydrogen-bond acceptors (Lipinski definition) is 6. The third kappa shape index (κ3) is 3.93. The molecule has 0 amide bonds. The first-order valence-electron chi connectivity index (χ1n) is 12.0. The maximum absolute atomic E-state index is 14.0. The second-order valence-corrected chi connectivity index (χ2v) is 8.48. The molecule has 0 saturated heterocycles. The van der Waals surface area contributed by atoms with E-state index in [2.05, 4.69) is 0 Å². The molecule has 0 aliphatic carbocycles. The van der Waals surface area contributed by atoms with Gasteiger partial charge in [0.1, 0.15) is 22.5 Å². The molecule has 180 valence electrons. The summed E-state index contributed by atoms with van der Waals surface area (Å²) in [5, 5.41) is 0.468. The van der Waals surface area contributed by atoms with Gasteiger partial charge in [0.25, 0.3) is 5.56 Å². The van der Waals surface area contributed by atoms with Crippen LogP contribution in [-0.2, 0) is 17.7 Å². The van der Waals surface area contributed by atoms with Crippen LogP contribution in [0.5, 0.6) is 5.75 Å². The van der Waals surface area contributed by atoms with Crippen LogP contribution in [0.15, 0.2) is 47.3 Å². The fraction of sp³-hybridized carbons (Fsp3) is 0.333. The van der Waals surface area contributed by atoms with Gasteiger partial charge in [0.15, 0.2) is 11.3 Å². The summed E-state index contributed by atoms with van der Waals surface area (Å²) in [6, 6.07) is 13.6. The minimum Gasteiger partial charge on any atom is -0.495 e. The lowest BCUT2D eigenvalue weighted by Gasteiger charge is -2.14. The van der Waals surface area contributed by atoms with Crippen LogP contribution in [0.25, 0.3) is 38.9 Å². The van der Waals surface area contributed by atoms with Crippen molar-refractivity contribution in [3.8, 4) is 11.4 Å². The number of hydrogen-bond donors (Lipinski definition) is 0. The molecule has 0 aliphatic heterocycles. The summed E-state index contributed by atoms with van der Waals surface area (Å²) in [5.41, 5.74) is 4.89. The molecule has 0 saturated carbocycles. The summed E-state index contributed by atoms with van der Waals surface area (Å²) >= 11 is 0. The standard InChI is InChI=1S/C27H29N5O3/c1-5-22-30-25-23(27(33)31(22)14-9-15-35-6-2)24-26(29-19-11-8-7-10-18(19)28-24)32(25)20-16-17(3)12-13-21(20)34-4/h7-8,10-13,16H,5-6,9,14-15H2,1-4H3. The Kier molecular flexibility index (Phi) is 6.21. The van der Waals surface area contributed by atoms with Crippen molar-refractivity contribution in [2.75, 3.05) is 20.3 Å². The van der Waals surface area contributed by atoms with E-state index in [0.717, 1.165) is 34.5 Å². The molecule has 5 aromatic rings. The maximum Gasteiger partial charge on any atom is 0.265 e. The summed E-state index contributed by atoms with van der Waals surface area (Å²) in [7, 11) is 1.64. The predicted molar refractivity (Wildman–Crippen MR) is 138 cm³/mol. The highest BCUT2D eigenvalue weighted by Gasteiger charge is 2.24. The molecule has 0 fully saturated rings. The van der Waals surface area contributed by atoms with Crippen LogP contribution in [0.2, 0.25) is 0 Å². The van der Waals surface area contributed by atoms with Gasteiger partial charge in [-0.1, -0.05) is 25.1 Å². The number of methoxy groups -OCH3 is 1. The van der Waals surface area contributed by atoms with Gasteiger partial charge in [0.05, 0.1) is 23.8 Å². The van der Waals surface area contributed by atoms with Gasteiger partial charge in [-0.25, -0.2) is 15.0 Å². The number of ether oxygens (including phenoxy) is 2. The van der Waals surface area contributed by atoms with Gasteiger partial charge in [0, 0.05) is 26.2 Å². The molecule has 3 heterocycles. The molecule has 0 atom stereocenters. The summed E-state index contributed by atoms with van der Waals surface area (Å²) in [5.74, 6) is 1.39. The Hall–Kier alpha value is -3.78. The van der Waals surface area contributed by atoms with E-state index in [1.165, 1.54) is 0 Å². The van der Waals surface area contributed by atoms with Crippen molar-refractivity contribution in [1.82, 2.24) is 24.1 Å². The average Bonchev–Trinajstić information content (AvgIpc) is 3.18. The fourth-order valence-corrected chi connectivity index (χ4v) is 4.54. The van der Waals surface area contributed by atoms with E-state index in [1.54, 1.807) is 11.7 Å². The van der Waals surface area contributed by atoms with Gasteiger partial charge in [-0.05, 0) is 50.1 Å². The second kappa shape index (κ2) is 9.46. The first-order valence-corrected chi connectivity index (χ1v) is 12.0. The van der Waals surface area contributed by atoms with Crippen molar-refractivity contribution >= 4 is 33.2 Å². The van der Waals surface area contributed by atoms with Crippen LogP contribution in [-0.4, -0.2) is 44.4 Å². The number of fused-ring (bicyclic) bond motifs is 4. The molecular formula is C27H29N5O3. The Labute approximate surface area is 203 Å². The highest BCUT2D eigenvalue weighted by molar-refractivity contribution is 6.06. The first kappa shape index (κ1) is 23.0. The van der Waals surface area contributed by atoms with Crippen LogP contribution in [0.4, 0.5) is 0 Å². The Bertz CT molecular complexity index is 1600. The Morgan fingerprint density at radius 3 is 2.46 bits per heavy atom. The van der Waals surface area contributed by atoms with Crippen molar-refractivity contribution in [3.05, 3.63) is 64.2 Å². The van der Waals surface area contributed by atoms with Crippen LogP contribution in [0.3, 0.4) is 0 Å². The smallest absolute Gasteiger partial charge is 0.265 e. The van der Waals surface area contributed by atoms with E-state index in [4.69, 9.17) is 24.4 Å². The van der Waals surface area contributed by atoms with Gasteiger partial charge in [0.2, 0.25) is 0 Å². The van der Waals surface area contributed by atoms with E-state index in [0.29, 0.717) is 54.1 Å². The van der Waals surface area contributed by atoms with E-state index in [9.17, 15) is 4.79 Å². The monoisotopic (exact) mass is 471 g/mol. The minimum atomic E-state index is -0.108. The van der Waals surface area contributed by atoms with Crippen molar-refractivity contribution in [3.63, 3.8) is 0 Å². The number of aromatic nitrogens is 5. The number of rotatable bonds is 8. The van der Waals surface area contributed by atoms with Gasteiger partial charge in [-0.15, -0.1) is 0 Å². The second-order valence-electron chi connectivity index (χ2n) is 8.48. The molecule has 35 heavy (non-hydrogen) atoms. The van der Waals surface area contributed by atoms with Crippen LogP contribution in [0, 0.1) is 6.92 Å². The Balaban J connectivity index is 1.89. The Morgan fingerprint density at radius 1 is 0.971 bits per heavy atom. The molecule has 3 aromatic heterocycles. The normalized spacial score (nSPS) is 11.7. The zero-order valence-corrected chi connectivity index (χ0v) is 20.5. The zero-order valence-electron chi connectivity index (χ0n) is 20.5. The van der Waals surface area contributed by atoms with E-state index in [1.807, 2.05) is 67.8 Å². The van der Waals surface area contributed by atoms with Gasteiger partial charge in [-0.2, -0.15) is 0 Å². The topological polar surface area (TPSA) is 84.1 Å². The van der Waals surface area contributed by atoms with Crippen LogP contribution < -0.4 is 10.3 Å². The lowest BCUT2D eigenvalue weighted by Crippen LogP contribution is -2.26. The quantitative estimate of drug-likeness (QED) is 0.308. The van der Waals surface area contributed by atoms with Gasteiger partial charge < -0.3 is 9.47 Å². The fourth-order valence-electron chi connectivity index (χ4n) is 4.54. The Morgan fingerprint density at radius 2 is 1.74 bits per heavy atom. The molecule has 8 nitrogen and oxygen atoms in total. The number of para-hydroxylation sites is 2. The summed E-state index contributed by atoms with van der Waals surface area (Å²) in [4.78, 5) is 28.8. The number of aryl methyl sites for hydroxylation is 2. The van der Waals surface area contributed by atoms with Crippen molar-refractivity contribution in [2.45, 2.75) is 40.2 Å². The SMILES string of the molecule is CCOCCCn1c(CC)nc2c(c1=O)c1nc3ccccc3nc1n2-c1cc(C)ccc1OC. The van der Waals surface area contributed by atoms with Crippen molar-refractivity contribution in [1.29, 1.82) is 0 Å². The molecule has 0 spiro atoms. The molecule has 5 rings (SSSR count). The maximum atomic E-state index is 14.0. The molecular weight excluding hydrogens is 442 g/mol. The molecule has 0 aliphatic rings. The average molecular weight is 472 g/mol. The highest BCUT2D eigenvalue weighted by Crippen LogP contribution is 2.33. The summed E-state index contributed by atoms with van der Waals surface area (Å²) < 4.78 is 14.9. The summed E-state index contributed by atoms with van der Waals surface area (Å²) in [6.07, 6.45) is 1.35. The molecule has 8 heteroatoms. The zero-order chi connectivity index (χ0) is 24.5. The van der Waals surface area contributed by atoms with Crippen molar-refractivity contribution in [2.24, 2.45) is 0 Å². The van der Waals surface area contributed by atoms with Crippen LogP contribution in [0.1, 0.15) is 31.7 Å². The molecule has 0 unspecified atom stereocenters. The van der Waals surface area contributed by atoms with Gasteiger partial charge >= 0.3 is 0 Å². The largest absolute Gasteiger partial charge is 0.495 e. The number of benzene rings is 2. The van der Waals surface area contributed by atoms with Crippen molar-refractivity contribution < 1.29 is 9.47 Å². The van der Waals surface area contributed by atoms with E-state index < -0.39 is 0 Å². The number of nitrogens with zero attached hydrogens (tertiary/aromatic N) is 5. The molecule has 2 aromatic carbocycles. The molecule has 0 N–H and O–H groups in total. The molecule has 0 radical (unpaired) electrons. The third-order valence-electron chi connectivity index (χ3n) is 6.21. The summed E-state index contributed by atoms with van der Waals surface area (Å²) in [6.45, 7) is 7.78. The van der Waals surface area contributed by atoms with Gasteiger partial charge in [-0.3, -0.25) is 13.9 Å². The van der Waals surface area contributed by atoms with Crippen LogP contribution >= 0.6 is 0 Å². The lowest BCUT2D eigenvalue weighted by molar-refractivity contribution is 0.141. The highest BCUT2D eigenvalue weighted by atomic mass is 16.5. The third-order valence-corrected chi connectivity index (χ3v) is 6.21. The molecule has 0 bridgehead atoms. The predicted octanol–water partition coefficient (Wildman–Crippen LogP) is 4.59. The minimum absolute atomic E-state index is 0.108. The van der Waals surface area contributed by atoms with E-state index in [-0.39, 0.29) is 5.56 Å². The van der Waals surface area contributed by atoms with E-state index >= 15 is 0 Å². The lowest BCUT2D eigenvalue weighted by atomic mass is 10.2.